The van der Waals surface area contributed by atoms with Gasteiger partial charge >= 0.3 is 0 Å². The Balaban J connectivity index is 1.92. The number of benzene rings is 2. The molecule has 0 aliphatic heterocycles. The third kappa shape index (κ3) is 3.71. The smallest absolute Gasteiger partial charge is 0.252 e. The van der Waals surface area contributed by atoms with E-state index >= 15 is 0 Å². The second-order valence-corrected chi connectivity index (χ2v) is 5.02. The monoisotopic (exact) mass is 311 g/mol. The van der Waals surface area contributed by atoms with Crippen molar-refractivity contribution in [2.45, 2.75) is 6.42 Å². The van der Waals surface area contributed by atoms with Gasteiger partial charge in [-0.3, -0.25) is 4.79 Å². The lowest BCUT2D eigenvalue weighted by molar-refractivity contribution is 0.0954. The van der Waals surface area contributed by atoms with E-state index in [0.29, 0.717) is 23.6 Å². The summed E-state index contributed by atoms with van der Waals surface area (Å²) in [6, 6.07) is 11.1. The number of halogens is 3. The van der Waals surface area contributed by atoms with Crippen molar-refractivity contribution in [2.75, 3.05) is 6.54 Å². The molecule has 0 spiro atoms. The molecule has 0 aromatic heterocycles. The van der Waals surface area contributed by atoms with Crippen molar-refractivity contribution in [3.8, 4) is 0 Å². The van der Waals surface area contributed by atoms with Gasteiger partial charge in [0.25, 0.3) is 5.91 Å². The number of rotatable bonds is 4. The zero-order valence-electron chi connectivity index (χ0n) is 10.5. The van der Waals surface area contributed by atoms with Crippen molar-refractivity contribution in [2.24, 2.45) is 0 Å². The lowest BCUT2D eigenvalue weighted by atomic mass is 10.1. The van der Waals surface area contributed by atoms with Gasteiger partial charge in [0.1, 0.15) is 5.82 Å². The summed E-state index contributed by atoms with van der Waals surface area (Å²) >= 11 is 11.8. The Morgan fingerprint density at radius 2 is 1.80 bits per heavy atom. The molecule has 0 radical (unpaired) electrons. The Bertz CT molecular complexity index is 614. The van der Waals surface area contributed by atoms with E-state index in [1.165, 1.54) is 12.1 Å². The quantitative estimate of drug-likeness (QED) is 0.904. The second-order valence-electron chi connectivity index (χ2n) is 4.23. The van der Waals surface area contributed by atoms with Crippen molar-refractivity contribution < 1.29 is 9.18 Å². The molecule has 2 aromatic rings. The van der Waals surface area contributed by atoms with Gasteiger partial charge < -0.3 is 5.32 Å². The number of carbonyl (C=O) groups is 1. The Morgan fingerprint density at radius 3 is 2.50 bits per heavy atom. The van der Waals surface area contributed by atoms with Crippen molar-refractivity contribution in [3.63, 3.8) is 0 Å². The summed E-state index contributed by atoms with van der Waals surface area (Å²) in [5.74, 6) is -0.553. The van der Waals surface area contributed by atoms with Gasteiger partial charge in [-0.25, -0.2) is 4.39 Å². The van der Waals surface area contributed by atoms with E-state index < -0.39 is 0 Å². The Labute approximate surface area is 126 Å². The van der Waals surface area contributed by atoms with E-state index in [2.05, 4.69) is 5.32 Å². The minimum atomic E-state index is -0.278. The Hall–Kier alpha value is -1.58. The topological polar surface area (TPSA) is 29.1 Å². The van der Waals surface area contributed by atoms with Crippen molar-refractivity contribution >= 4 is 29.1 Å². The molecular formula is C15H12Cl2FNO. The first-order valence-electron chi connectivity index (χ1n) is 6.04. The fraction of sp³-hybridized carbons (Fsp3) is 0.133. The molecule has 0 fully saturated rings. The largest absolute Gasteiger partial charge is 0.352 e. The predicted molar refractivity (Wildman–Crippen MR) is 78.9 cm³/mol. The molecule has 1 N–H and O–H groups in total. The predicted octanol–water partition coefficient (Wildman–Crippen LogP) is 4.11. The van der Waals surface area contributed by atoms with Crippen molar-refractivity contribution in [1.29, 1.82) is 0 Å². The lowest BCUT2D eigenvalue weighted by Gasteiger charge is -2.07. The summed E-state index contributed by atoms with van der Waals surface area (Å²) < 4.78 is 12.7. The van der Waals surface area contributed by atoms with E-state index in [1.807, 2.05) is 0 Å². The van der Waals surface area contributed by atoms with Crippen LogP contribution in [0.2, 0.25) is 10.0 Å². The minimum Gasteiger partial charge on any atom is -0.352 e. The van der Waals surface area contributed by atoms with E-state index in [9.17, 15) is 9.18 Å². The molecular weight excluding hydrogens is 300 g/mol. The van der Waals surface area contributed by atoms with Gasteiger partial charge in [0, 0.05) is 6.54 Å². The summed E-state index contributed by atoms with van der Waals surface area (Å²) in [5, 5.41) is 3.34. The van der Waals surface area contributed by atoms with Crippen LogP contribution in [0.5, 0.6) is 0 Å². The highest BCUT2D eigenvalue weighted by Crippen LogP contribution is 2.25. The summed E-state index contributed by atoms with van der Waals surface area (Å²) in [4.78, 5) is 11.9. The van der Waals surface area contributed by atoms with Gasteiger partial charge in [-0.15, -0.1) is 0 Å². The van der Waals surface area contributed by atoms with Gasteiger partial charge in [0.2, 0.25) is 0 Å². The molecule has 0 heterocycles. The highest BCUT2D eigenvalue weighted by atomic mass is 35.5. The minimum absolute atomic E-state index is 0.244. The molecule has 0 aliphatic carbocycles. The van der Waals surface area contributed by atoms with Crippen LogP contribution in [0.1, 0.15) is 15.9 Å². The molecule has 0 saturated carbocycles. The molecule has 0 atom stereocenters. The maximum Gasteiger partial charge on any atom is 0.252 e. The van der Waals surface area contributed by atoms with Crippen LogP contribution in [0.3, 0.4) is 0 Å². The summed E-state index contributed by atoms with van der Waals surface area (Å²) in [7, 11) is 0. The zero-order chi connectivity index (χ0) is 14.5. The van der Waals surface area contributed by atoms with Crippen LogP contribution in [0.25, 0.3) is 0 Å². The molecule has 0 bridgehead atoms. The van der Waals surface area contributed by atoms with Crippen LogP contribution in [-0.4, -0.2) is 12.5 Å². The first kappa shape index (κ1) is 14.8. The second kappa shape index (κ2) is 6.73. The maximum atomic E-state index is 12.7. The molecule has 5 heteroatoms. The first-order valence-corrected chi connectivity index (χ1v) is 6.80. The van der Waals surface area contributed by atoms with Gasteiger partial charge in [0.05, 0.1) is 15.6 Å². The fourth-order valence-corrected chi connectivity index (χ4v) is 2.13. The highest BCUT2D eigenvalue weighted by Gasteiger charge is 2.11. The van der Waals surface area contributed by atoms with Crippen LogP contribution >= 0.6 is 23.2 Å². The Kier molecular flexibility index (Phi) is 4.99. The van der Waals surface area contributed by atoms with Crippen molar-refractivity contribution in [3.05, 3.63) is 69.5 Å². The van der Waals surface area contributed by atoms with Crippen LogP contribution in [0.4, 0.5) is 4.39 Å². The SMILES string of the molecule is O=C(NCCc1ccc(F)cc1)c1cccc(Cl)c1Cl. The summed E-state index contributed by atoms with van der Waals surface area (Å²) in [6.45, 7) is 0.438. The molecule has 1 amide bonds. The Morgan fingerprint density at radius 1 is 1.10 bits per heavy atom. The number of carbonyl (C=O) groups excluding carboxylic acids is 1. The molecule has 2 nitrogen and oxygen atoms in total. The molecule has 0 aliphatic rings. The molecule has 20 heavy (non-hydrogen) atoms. The third-order valence-electron chi connectivity index (χ3n) is 2.81. The standard InChI is InChI=1S/C15H12Cl2FNO/c16-13-3-1-2-12(14(13)17)15(20)19-9-8-10-4-6-11(18)7-5-10/h1-7H,8-9H2,(H,19,20). The average Bonchev–Trinajstić information content (AvgIpc) is 2.44. The average molecular weight is 312 g/mol. The maximum absolute atomic E-state index is 12.7. The van der Waals surface area contributed by atoms with Gasteiger partial charge in [-0.05, 0) is 36.2 Å². The fourth-order valence-electron chi connectivity index (χ4n) is 1.75. The van der Waals surface area contributed by atoms with Crippen LogP contribution in [-0.2, 0) is 6.42 Å². The molecule has 2 rings (SSSR count). The summed E-state index contributed by atoms with van der Waals surface area (Å²) in [6.07, 6.45) is 0.615. The number of amides is 1. The third-order valence-corrected chi connectivity index (χ3v) is 3.63. The molecule has 104 valence electrons. The number of hydrogen-bond donors (Lipinski definition) is 1. The molecule has 0 saturated heterocycles. The molecule has 0 unspecified atom stereocenters. The zero-order valence-corrected chi connectivity index (χ0v) is 12.0. The first-order chi connectivity index (χ1) is 9.58. The van der Waals surface area contributed by atoms with Crippen LogP contribution in [0, 0.1) is 5.82 Å². The number of hydrogen-bond acceptors (Lipinski definition) is 1. The number of nitrogens with one attached hydrogen (secondary N) is 1. The van der Waals surface area contributed by atoms with E-state index in [4.69, 9.17) is 23.2 Å². The van der Waals surface area contributed by atoms with Crippen LogP contribution in [0.15, 0.2) is 42.5 Å². The van der Waals surface area contributed by atoms with E-state index in [-0.39, 0.29) is 16.7 Å². The highest BCUT2D eigenvalue weighted by molar-refractivity contribution is 6.43. The summed E-state index contributed by atoms with van der Waals surface area (Å²) in [5.41, 5.74) is 1.29. The molecule has 2 aromatic carbocycles. The van der Waals surface area contributed by atoms with E-state index in [1.54, 1.807) is 30.3 Å². The van der Waals surface area contributed by atoms with Crippen LogP contribution < -0.4 is 5.32 Å². The van der Waals surface area contributed by atoms with Gasteiger partial charge in [-0.1, -0.05) is 41.4 Å². The van der Waals surface area contributed by atoms with Gasteiger partial charge in [-0.2, -0.15) is 0 Å². The van der Waals surface area contributed by atoms with Gasteiger partial charge in [0.15, 0.2) is 0 Å². The lowest BCUT2D eigenvalue weighted by Crippen LogP contribution is -2.26. The van der Waals surface area contributed by atoms with Crippen molar-refractivity contribution in [1.82, 2.24) is 5.32 Å². The van der Waals surface area contributed by atoms with E-state index in [0.717, 1.165) is 5.56 Å². The normalized spacial score (nSPS) is 10.3.